The van der Waals surface area contributed by atoms with Gasteiger partial charge < -0.3 is 9.64 Å². The molecule has 2 heterocycles. The summed E-state index contributed by atoms with van der Waals surface area (Å²) in [5, 5.41) is 0.917. The summed E-state index contributed by atoms with van der Waals surface area (Å²) >= 11 is 1.44. The number of aromatic nitrogens is 1. The molecule has 2 rings (SSSR count). The number of carbonyl (C=O) groups is 1. The molecule has 16 heavy (non-hydrogen) atoms. The largest absolute Gasteiger partial charge is 0.376 e. The number of aldehydes is 1. The van der Waals surface area contributed by atoms with E-state index in [0.29, 0.717) is 11.0 Å². The van der Waals surface area contributed by atoms with Crippen molar-refractivity contribution in [3.8, 4) is 0 Å². The Balaban J connectivity index is 2.00. The van der Waals surface area contributed by atoms with Gasteiger partial charge in [-0.05, 0) is 19.8 Å². The van der Waals surface area contributed by atoms with Gasteiger partial charge in [-0.15, -0.1) is 0 Å². The summed E-state index contributed by atoms with van der Waals surface area (Å²) in [5.41, 5.74) is 0. The Bertz CT molecular complexity index is 348. The van der Waals surface area contributed by atoms with E-state index in [9.17, 15) is 4.79 Å². The summed E-state index contributed by atoms with van der Waals surface area (Å²) in [6, 6.07) is 0. The first kappa shape index (κ1) is 11.5. The summed E-state index contributed by atoms with van der Waals surface area (Å²) in [5.74, 6) is 0. The van der Waals surface area contributed by atoms with Crippen molar-refractivity contribution < 1.29 is 9.53 Å². The van der Waals surface area contributed by atoms with Crippen molar-refractivity contribution in [3.05, 3.63) is 11.1 Å². The Morgan fingerprint density at radius 3 is 3.19 bits per heavy atom. The Kier molecular flexibility index (Phi) is 3.90. The second-order valence-electron chi connectivity index (χ2n) is 3.84. The third-order valence-corrected chi connectivity index (χ3v) is 3.71. The molecule has 1 unspecified atom stereocenters. The summed E-state index contributed by atoms with van der Waals surface area (Å²) in [4.78, 5) is 17.7. The number of nitrogens with zero attached hydrogens (tertiary/aromatic N) is 2. The van der Waals surface area contributed by atoms with E-state index >= 15 is 0 Å². The van der Waals surface area contributed by atoms with E-state index in [1.165, 1.54) is 11.3 Å². The normalized spacial score (nSPS) is 19.9. The van der Waals surface area contributed by atoms with Crippen LogP contribution in [0.5, 0.6) is 0 Å². The van der Waals surface area contributed by atoms with Crippen molar-refractivity contribution in [1.29, 1.82) is 0 Å². The molecule has 0 saturated carbocycles. The lowest BCUT2D eigenvalue weighted by atomic mass is 10.2. The molecule has 1 fully saturated rings. The van der Waals surface area contributed by atoms with Crippen molar-refractivity contribution in [2.24, 2.45) is 0 Å². The molecule has 0 radical (unpaired) electrons. The fourth-order valence-corrected chi connectivity index (χ4v) is 2.66. The highest BCUT2D eigenvalue weighted by Crippen LogP contribution is 2.23. The molecule has 1 aromatic heterocycles. The monoisotopic (exact) mass is 240 g/mol. The van der Waals surface area contributed by atoms with E-state index in [4.69, 9.17) is 4.74 Å². The molecular weight excluding hydrogens is 224 g/mol. The smallest absolute Gasteiger partial charge is 0.186 e. The van der Waals surface area contributed by atoms with E-state index in [0.717, 1.165) is 44.0 Å². The topological polar surface area (TPSA) is 42.4 Å². The van der Waals surface area contributed by atoms with Gasteiger partial charge in [-0.25, -0.2) is 4.98 Å². The van der Waals surface area contributed by atoms with Gasteiger partial charge in [0, 0.05) is 19.7 Å². The van der Waals surface area contributed by atoms with Crippen LogP contribution in [0.4, 0.5) is 5.13 Å². The highest BCUT2D eigenvalue weighted by atomic mass is 32.1. The zero-order chi connectivity index (χ0) is 11.4. The van der Waals surface area contributed by atoms with Crippen LogP contribution in [-0.2, 0) is 4.74 Å². The molecule has 0 N–H and O–H groups in total. The molecule has 1 aliphatic rings. The first-order valence-electron chi connectivity index (χ1n) is 5.61. The predicted molar refractivity (Wildman–Crippen MR) is 64.4 cm³/mol. The van der Waals surface area contributed by atoms with Crippen LogP contribution in [0.1, 0.15) is 29.4 Å². The lowest BCUT2D eigenvalue weighted by molar-refractivity contribution is 0.112. The molecule has 0 bridgehead atoms. The molecule has 0 aliphatic carbocycles. The second-order valence-corrected chi connectivity index (χ2v) is 4.88. The Labute approximate surface area is 99.2 Å². The summed E-state index contributed by atoms with van der Waals surface area (Å²) in [6.45, 7) is 4.74. The fraction of sp³-hybridized carbons (Fsp3) is 0.636. The molecule has 5 heteroatoms. The molecule has 1 aromatic rings. The van der Waals surface area contributed by atoms with Crippen molar-refractivity contribution in [1.82, 2.24) is 4.98 Å². The van der Waals surface area contributed by atoms with Gasteiger partial charge in [0.15, 0.2) is 11.4 Å². The maximum atomic E-state index is 10.6. The van der Waals surface area contributed by atoms with Crippen LogP contribution in [0, 0.1) is 0 Å². The molecule has 0 aromatic carbocycles. The molecule has 4 nitrogen and oxygen atoms in total. The van der Waals surface area contributed by atoms with Gasteiger partial charge in [-0.3, -0.25) is 4.79 Å². The fourth-order valence-electron chi connectivity index (χ4n) is 1.85. The van der Waals surface area contributed by atoms with Crippen LogP contribution in [0.25, 0.3) is 0 Å². The van der Waals surface area contributed by atoms with Crippen molar-refractivity contribution >= 4 is 22.8 Å². The van der Waals surface area contributed by atoms with Gasteiger partial charge in [0.05, 0.1) is 17.2 Å². The van der Waals surface area contributed by atoms with Gasteiger partial charge in [0.25, 0.3) is 0 Å². The molecule has 0 amide bonds. The third-order valence-electron chi connectivity index (χ3n) is 2.73. The SMILES string of the molecule is CCN(CC1CCCO1)c1ncc(C=O)s1. The number of ether oxygens (including phenoxy) is 1. The molecule has 1 aliphatic heterocycles. The number of hydrogen-bond acceptors (Lipinski definition) is 5. The van der Waals surface area contributed by atoms with Crippen LogP contribution < -0.4 is 4.90 Å². The lowest BCUT2D eigenvalue weighted by Crippen LogP contribution is -2.31. The molecule has 1 atom stereocenters. The lowest BCUT2D eigenvalue weighted by Gasteiger charge is -2.22. The third kappa shape index (κ3) is 2.59. The molecular formula is C11H16N2O2S. The first-order valence-corrected chi connectivity index (χ1v) is 6.42. The van der Waals surface area contributed by atoms with Crippen LogP contribution >= 0.6 is 11.3 Å². The summed E-state index contributed by atoms with van der Waals surface area (Å²) < 4.78 is 5.61. The second kappa shape index (κ2) is 5.41. The number of hydrogen-bond donors (Lipinski definition) is 0. The van der Waals surface area contributed by atoms with E-state index in [1.54, 1.807) is 6.20 Å². The van der Waals surface area contributed by atoms with Gasteiger partial charge in [-0.2, -0.15) is 0 Å². The Morgan fingerprint density at radius 1 is 1.75 bits per heavy atom. The van der Waals surface area contributed by atoms with Gasteiger partial charge in [0.2, 0.25) is 0 Å². The number of likely N-dealkylation sites (N-methyl/N-ethyl adjacent to an activating group) is 1. The van der Waals surface area contributed by atoms with Crippen LogP contribution in [0.3, 0.4) is 0 Å². The van der Waals surface area contributed by atoms with Crippen LogP contribution in [0.15, 0.2) is 6.20 Å². The highest BCUT2D eigenvalue weighted by molar-refractivity contribution is 7.17. The molecule has 0 spiro atoms. The number of carbonyl (C=O) groups excluding carboxylic acids is 1. The average molecular weight is 240 g/mol. The van der Waals surface area contributed by atoms with Crippen LogP contribution in [-0.4, -0.2) is 37.1 Å². The quantitative estimate of drug-likeness (QED) is 0.738. The summed E-state index contributed by atoms with van der Waals surface area (Å²) in [7, 11) is 0. The van der Waals surface area contributed by atoms with E-state index < -0.39 is 0 Å². The number of thiazole rings is 1. The minimum Gasteiger partial charge on any atom is -0.376 e. The number of anilines is 1. The minimum absolute atomic E-state index is 0.323. The minimum atomic E-state index is 0.323. The summed E-state index contributed by atoms with van der Waals surface area (Å²) in [6.07, 6.45) is 5.08. The maximum absolute atomic E-state index is 10.6. The average Bonchev–Trinajstić information content (AvgIpc) is 2.96. The Hall–Kier alpha value is -0.940. The standard InChI is InChI=1S/C11H16N2O2S/c1-2-13(7-9-4-3-5-15-9)11-12-6-10(8-14)16-11/h6,8-9H,2-5,7H2,1H3. The Morgan fingerprint density at radius 2 is 2.62 bits per heavy atom. The number of rotatable bonds is 5. The zero-order valence-corrected chi connectivity index (χ0v) is 10.2. The van der Waals surface area contributed by atoms with E-state index in [1.807, 2.05) is 0 Å². The predicted octanol–water partition coefficient (Wildman–Crippen LogP) is 1.96. The van der Waals surface area contributed by atoms with E-state index in [2.05, 4.69) is 16.8 Å². The molecule has 88 valence electrons. The van der Waals surface area contributed by atoms with Crippen molar-refractivity contribution in [2.75, 3.05) is 24.6 Å². The first-order chi connectivity index (χ1) is 7.83. The van der Waals surface area contributed by atoms with E-state index in [-0.39, 0.29) is 0 Å². The highest BCUT2D eigenvalue weighted by Gasteiger charge is 2.20. The van der Waals surface area contributed by atoms with Gasteiger partial charge in [0.1, 0.15) is 0 Å². The van der Waals surface area contributed by atoms with Crippen molar-refractivity contribution in [2.45, 2.75) is 25.9 Å². The maximum Gasteiger partial charge on any atom is 0.186 e. The van der Waals surface area contributed by atoms with Gasteiger partial charge >= 0.3 is 0 Å². The van der Waals surface area contributed by atoms with Crippen LogP contribution in [0.2, 0.25) is 0 Å². The molecule has 1 saturated heterocycles. The zero-order valence-electron chi connectivity index (χ0n) is 9.39. The van der Waals surface area contributed by atoms with Crippen molar-refractivity contribution in [3.63, 3.8) is 0 Å². The van der Waals surface area contributed by atoms with Gasteiger partial charge in [-0.1, -0.05) is 11.3 Å².